The van der Waals surface area contributed by atoms with E-state index in [2.05, 4.69) is 11.3 Å². The number of carbonyl (C=O) groups excluding carboxylic acids is 1. The Kier molecular flexibility index (Phi) is 5.18. The number of hydrogen-bond acceptors (Lipinski definition) is 3. The van der Waals surface area contributed by atoms with Gasteiger partial charge in [0.2, 0.25) is 0 Å². The number of nitrogen functional groups attached to an aromatic ring is 1. The van der Waals surface area contributed by atoms with E-state index in [4.69, 9.17) is 5.73 Å². The van der Waals surface area contributed by atoms with E-state index in [-0.39, 0.29) is 5.97 Å². The van der Waals surface area contributed by atoms with Gasteiger partial charge < -0.3 is 10.5 Å². The molecule has 0 spiro atoms. The fraction of sp³-hybridized carbons (Fsp3) is 0.267. The highest BCUT2D eigenvalue weighted by molar-refractivity contribution is 5.92. The predicted molar refractivity (Wildman–Crippen MR) is 75.0 cm³/mol. The number of anilines is 1. The lowest BCUT2D eigenvalue weighted by Crippen LogP contribution is -2.00. The molecule has 0 aliphatic carbocycles. The molecular weight excluding hydrogens is 226 g/mol. The molecule has 0 bridgehead atoms. The molecule has 0 aliphatic rings. The van der Waals surface area contributed by atoms with Crippen LogP contribution < -0.4 is 5.73 Å². The topological polar surface area (TPSA) is 52.3 Å². The summed E-state index contributed by atoms with van der Waals surface area (Å²) in [5.41, 5.74) is 9.51. The van der Waals surface area contributed by atoms with Crippen molar-refractivity contribution >= 4 is 17.2 Å². The van der Waals surface area contributed by atoms with Gasteiger partial charge in [-0.25, -0.2) is 4.79 Å². The second-order valence-electron chi connectivity index (χ2n) is 3.96. The van der Waals surface area contributed by atoms with E-state index < -0.39 is 0 Å². The number of benzene rings is 1. The number of nitrogens with two attached hydrogens (primary N) is 1. The van der Waals surface area contributed by atoms with Gasteiger partial charge in [-0.15, -0.1) is 6.58 Å². The molecule has 2 N–H and O–H groups in total. The summed E-state index contributed by atoms with van der Waals surface area (Å²) in [5, 5.41) is 0. The first-order valence-electron chi connectivity index (χ1n) is 5.90. The molecule has 3 nitrogen and oxygen atoms in total. The smallest absolute Gasteiger partial charge is 0.330 e. The summed E-state index contributed by atoms with van der Waals surface area (Å²) in [6, 6.07) is 5.71. The molecule has 1 rings (SSSR count). The molecule has 96 valence electrons. The monoisotopic (exact) mass is 245 g/mol. The maximum Gasteiger partial charge on any atom is 0.330 e. The molecule has 0 aliphatic heterocycles. The van der Waals surface area contributed by atoms with Crippen LogP contribution in [-0.4, -0.2) is 13.1 Å². The first-order chi connectivity index (χ1) is 8.62. The summed E-state index contributed by atoms with van der Waals surface area (Å²) >= 11 is 0. The number of rotatable bonds is 5. The third-order valence-electron chi connectivity index (χ3n) is 2.72. The van der Waals surface area contributed by atoms with Crippen LogP contribution in [0, 0.1) is 0 Å². The molecule has 0 radical (unpaired) electrons. The van der Waals surface area contributed by atoms with Crippen LogP contribution in [0.5, 0.6) is 0 Å². The number of ether oxygens (including phenoxy) is 1. The van der Waals surface area contributed by atoms with Crippen molar-refractivity contribution in [2.24, 2.45) is 0 Å². The van der Waals surface area contributed by atoms with Crippen LogP contribution in [-0.2, 0) is 16.0 Å². The Balaban J connectivity index is 3.26. The lowest BCUT2D eigenvalue weighted by atomic mass is 9.95. The molecule has 1 aromatic carbocycles. The van der Waals surface area contributed by atoms with Crippen LogP contribution in [0.3, 0.4) is 0 Å². The Morgan fingerprint density at radius 3 is 2.78 bits per heavy atom. The summed E-state index contributed by atoms with van der Waals surface area (Å²) in [4.78, 5) is 11.4. The number of allylic oxidation sites excluding steroid dienone is 2. The number of hydrogen-bond donors (Lipinski definition) is 1. The predicted octanol–water partition coefficient (Wildman–Crippen LogP) is 2.96. The molecule has 0 fully saturated rings. The maximum absolute atomic E-state index is 11.4. The number of esters is 1. The molecule has 0 atom stereocenters. The number of methoxy groups -OCH3 is 1. The second kappa shape index (κ2) is 6.64. The van der Waals surface area contributed by atoms with Crippen LogP contribution in [0.15, 0.2) is 36.9 Å². The van der Waals surface area contributed by atoms with Crippen molar-refractivity contribution in [2.75, 3.05) is 12.8 Å². The highest BCUT2D eigenvalue weighted by Crippen LogP contribution is 2.25. The first kappa shape index (κ1) is 14.0. The van der Waals surface area contributed by atoms with Gasteiger partial charge in [-0.1, -0.05) is 19.1 Å². The molecule has 0 heterocycles. The quantitative estimate of drug-likeness (QED) is 0.375. The Morgan fingerprint density at radius 2 is 2.22 bits per heavy atom. The van der Waals surface area contributed by atoms with Gasteiger partial charge in [0.15, 0.2) is 0 Å². The molecule has 0 saturated heterocycles. The third-order valence-corrected chi connectivity index (χ3v) is 2.72. The van der Waals surface area contributed by atoms with E-state index in [1.165, 1.54) is 13.2 Å². The summed E-state index contributed by atoms with van der Waals surface area (Å²) in [6.07, 6.45) is 4.83. The summed E-state index contributed by atoms with van der Waals surface area (Å²) in [6.45, 7) is 5.74. The highest BCUT2D eigenvalue weighted by Gasteiger charge is 2.08. The molecule has 0 unspecified atom stereocenters. The van der Waals surface area contributed by atoms with Gasteiger partial charge in [0, 0.05) is 11.8 Å². The Labute approximate surface area is 108 Å². The minimum absolute atomic E-state index is 0.348. The Hall–Kier alpha value is -2.03. The van der Waals surface area contributed by atoms with Crippen molar-refractivity contribution in [3.8, 4) is 0 Å². The zero-order valence-electron chi connectivity index (χ0n) is 10.9. The standard InChI is InChI=1S/C15H19NO2/c1-4-6-12-7-8-13(16)10-14(12)11(5-2)9-15(17)18-3/h4,7-10H,1,5-6,16H2,2-3H3/b11-9-. The lowest BCUT2D eigenvalue weighted by Gasteiger charge is -2.11. The minimum Gasteiger partial charge on any atom is -0.466 e. The largest absolute Gasteiger partial charge is 0.466 e. The van der Waals surface area contributed by atoms with E-state index in [1.807, 2.05) is 31.2 Å². The van der Waals surface area contributed by atoms with Crippen LogP contribution in [0.1, 0.15) is 24.5 Å². The minimum atomic E-state index is -0.348. The molecule has 18 heavy (non-hydrogen) atoms. The molecule has 3 heteroatoms. The molecule has 1 aromatic rings. The van der Waals surface area contributed by atoms with Crippen molar-refractivity contribution in [1.29, 1.82) is 0 Å². The van der Waals surface area contributed by atoms with E-state index in [0.29, 0.717) is 5.69 Å². The van der Waals surface area contributed by atoms with Gasteiger partial charge in [-0.3, -0.25) is 0 Å². The Morgan fingerprint density at radius 1 is 1.50 bits per heavy atom. The zero-order chi connectivity index (χ0) is 13.5. The second-order valence-corrected chi connectivity index (χ2v) is 3.96. The van der Waals surface area contributed by atoms with Gasteiger partial charge in [0.05, 0.1) is 7.11 Å². The maximum atomic E-state index is 11.4. The molecular formula is C15H19NO2. The summed E-state index contributed by atoms with van der Waals surface area (Å²) in [7, 11) is 1.37. The van der Waals surface area contributed by atoms with E-state index >= 15 is 0 Å². The van der Waals surface area contributed by atoms with Crippen molar-refractivity contribution in [3.05, 3.63) is 48.1 Å². The van der Waals surface area contributed by atoms with Crippen LogP contribution in [0.2, 0.25) is 0 Å². The Bertz CT molecular complexity index is 475. The lowest BCUT2D eigenvalue weighted by molar-refractivity contribution is -0.134. The highest BCUT2D eigenvalue weighted by atomic mass is 16.5. The number of carbonyl (C=O) groups is 1. The van der Waals surface area contributed by atoms with Gasteiger partial charge >= 0.3 is 5.97 Å². The molecule has 0 aromatic heterocycles. The third kappa shape index (κ3) is 3.48. The first-order valence-corrected chi connectivity index (χ1v) is 5.90. The van der Waals surface area contributed by atoms with Crippen molar-refractivity contribution in [2.45, 2.75) is 19.8 Å². The van der Waals surface area contributed by atoms with Gasteiger partial charge in [-0.05, 0) is 41.7 Å². The fourth-order valence-corrected chi connectivity index (χ4v) is 1.80. The normalized spacial score (nSPS) is 11.1. The van der Waals surface area contributed by atoms with Gasteiger partial charge in [-0.2, -0.15) is 0 Å². The van der Waals surface area contributed by atoms with Crippen molar-refractivity contribution in [3.63, 3.8) is 0 Å². The van der Waals surface area contributed by atoms with Crippen molar-refractivity contribution < 1.29 is 9.53 Å². The van der Waals surface area contributed by atoms with E-state index in [1.54, 1.807) is 0 Å². The molecule has 0 saturated carbocycles. The van der Waals surface area contributed by atoms with Crippen LogP contribution >= 0.6 is 0 Å². The van der Waals surface area contributed by atoms with Gasteiger partial charge in [0.25, 0.3) is 0 Å². The summed E-state index contributed by atoms with van der Waals surface area (Å²) in [5.74, 6) is -0.348. The van der Waals surface area contributed by atoms with Crippen molar-refractivity contribution in [1.82, 2.24) is 0 Å². The SMILES string of the molecule is C=CCc1ccc(N)cc1/C(=C\C(=O)OC)CC. The van der Waals surface area contributed by atoms with Gasteiger partial charge in [0.1, 0.15) is 0 Å². The van der Waals surface area contributed by atoms with E-state index in [9.17, 15) is 4.79 Å². The van der Waals surface area contributed by atoms with Crippen LogP contribution in [0.25, 0.3) is 5.57 Å². The summed E-state index contributed by atoms with van der Waals surface area (Å²) < 4.78 is 4.67. The molecule has 0 amide bonds. The zero-order valence-corrected chi connectivity index (χ0v) is 10.9. The van der Waals surface area contributed by atoms with E-state index in [0.717, 1.165) is 29.5 Å². The average Bonchev–Trinajstić information content (AvgIpc) is 2.38. The fourth-order valence-electron chi connectivity index (χ4n) is 1.80. The van der Waals surface area contributed by atoms with Crippen LogP contribution in [0.4, 0.5) is 5.69 Å². The average molecular weight is 245 g/mol.